The van der Waals surface area contributed by atoms with E-state index in [0.717, 1.165) is 59.1 Å². The molecule has 0 amide bonds. The summed E-state index contributed by atoms with van der Waals surface area (Å²) < 4.78 is 13.3. The van der Waals surface area contributed by atoms with Crippen LogP contribution in [0.5, 0.6) is 0 Å². The molecule has 7 heteroatoms. The van der Waals surface area contributed by atoms with E-state index in [1.165, 1.54) is 5.69 Å². The van der Waals surface area contributed by atoms with Crippen molar-refractivity contribution in [2.45, 2.75) is 0 Å². The third-order valence-corrected chi connectivity index (χ3v) is 6.05. The maximum atomic E-state index is 6.04. The van der Waals surface area contributed by atoms with Crippen molar-refractivity contribution < 1.29 is 9.15 Å². The molecular weight excluding hydrogens is 396 g/mol. The number of furan rings is 1. The molecule has 0 atom stereocenters. The zero-order chi connectivity index (χ0) is 20.3. The smallest absolute Gasteiger partial charge is 0.206 e. The summed E-state index contributed by atoms with van der Waals surface area (Å²) in [6.07, 6.45) is 1.86. The lowest BCUT2D eigenvalue weighted by Gasteiger charge is -2.28. The van der Waals surface area contributed by atoms with Gasteiger partial charge in [-0.2, -0.15) is 5.10 Å². The number of ether oxygens (including phenoxy) is 1. The summed E-state index contributed by atoms with van der Waals surface area (Å²) >= 11 is 1.54. The molecule has 0 unspecified atom stereocenters. The Bertz CT molecular complexity index is 1210. The zero-order valence-electron chi connectivity index (χ0n) is 16.7. The molecule has 0 N–H and O–H groups in total. The maximum Gasteiger partial charge on any atom is 0.206 e. The van der Waals surface area contributed by atoms with E-state index >= 15 is 0 Å². The number of hydrogen-bond acceptors (Lipinski definition) is 6. The number of morpholine rings is 1. The first-order valence-corrected chi connectivity index (χ1v) is 10.8. The van der Waals surface area contributed by atoms with Crippen molar-refractivity contribution in [2.24, 2.45) is 10.1 Å². The minimum atomic E-state index is 0.780. The van der Waals surface area contributed by atoms with Gasteiger partial charge >= 0.3 is 0 Å². The van der Waals surface area contributed by atoms with Gasteiger partial charge in [0.05, 0.1) is 19.4 Å². The van der Waals surface area contributed by atoms with Gasteiger partial charge in [0.15, 0.2) is 5.76 Å². The van der Waals surface area contributed by atoms with Gasteiger partial charge in [-0.25, -0.2) is 4.68 Å². The molecule has 5 rings (SSSR count). The van der Waals surface area contributed by atoms with Gasteiger partial charge in [0.1, 0.15) is 11.3 Å². The summed E-state index contributed by atoms with van der Waals surface area (Å²) in [5.41, 5.74) is 4.00. The van der Waals surface area contributed by atoms with E-state index in [9.17, 15) is 0 Å². The van der Waals surface area contributed by atoms with E-state index in [1.54, 1.807) is 18.4 Å². The number of aromatic nitrogens is 1. The molecule has 1 aliphatic rings. The highest BCUT2D eigenvalue weighted by Gasteiger charge is 2.13. The van der Waals surface area contributed by atoms with Crippen molar-refractivity contribution in [3.8, 4) is 11.5 Å². The molecule has 30 heavy (non-hydrogen) atoms. The molecule has 3 heterocycles. The highest BCUT2D eigenvalue weighted by molar-refractivity contribution is 7.07. The summed E-state index contributed by atoms with van der Waals surface area (Å²) in [6.45, 7) is 3.43. The lowest BCUT2D eigenvalue weighted by Crippen LogP contribution is -2.36. The second kappa shape index (κ2) is 8.30. The van der Waals surface area contributed by atoms with Gasteiger partial charge in [-0.05, 0) is 29.8 Å². The molecule has 0 radical (unpaired) electrons. The Labute approximate surface area is 178 Å². The van der Waals surface area contributed by atoms with Crippen LogP contribution in [0.1, 0.15) is 5.56 Å². The molecule has 1 saturated heterocycles. The molecule has 0 saturated carbocycles. The average Bonchev–Trinajstić information content (AvgIpc) is 3.42. The number of benzene rings is 2. The first-order valence-electron chi connectivity index (χ1n) is 9.91. The quantitative estimate of drug-likeness (QED) is 0.467. The molecular formula is C23H22N4O2S. The van der Waals surface area contributed by atoms with E-state index in [-0.39, 0.29) is 0 Å². The van der Waals surface area contributed by atoms with Crippen molar-refractivity contribution in [1.82, 2.24) is 4.68 Å². The number of rotatable bonds is 4. The van der Waals surface area contributed by atoms with Gasteiger partial charge in [-0.15, -0.1) is 11.3 Å². The van der Waals surface area contributed by atoms with Gasteiger partial charge < -0.3 is 14.1 Å². The van der Waals surface area contributed by atoms with Crippen LogP contribution >= 0.6 is 11.3 Å². The number of nitrogens with zero attached hydrogens (tertiary/aromatic N) is 4. The fourth-order valence-electron chi connectivity index (χ4n) is 3.56. The Balaban J connectivity index is 1.44. The van der Waals surface area contributed by atoms with Crippen LogP contribution in [0, 0.1) is 0 Å². The Morgan fingerprint density at radius 1 is 1.03 bits per heavy atom. The molecule has 2 aromatic heterocycles. The van der Waals surface area contributed by atoms with Crippen LogP contribution in [0.4, 0.5) is 5.69 Å². The first-order chi connectivity index (χ1) is 14.8. The van der Waals surface area contributed by atoms with Gasteiger partial charge in [0, 0.05) is 36.6 Å². The van der Waals surface area contributed by atoms with Crippen molar-refractivity contribution in [3.05, 3.63) is 70.3 Å². The molecule has 0 spiro atoms. The third-order valence-electron chi connectivity index (χ3n) is 5.15. The lowest BCUT2D eigenvalue weighted by atomic mass is 10.2. The van der Waals surface area contributed by atoms with E-state index in [1.807, 2.05) is 46.6 Å². The second-order valence-electron chi connectivity index (χ2n) is 7.02. The van der Waals surface area contributed by atoms with Crippen LogP contribution in [0.25, 0.3) is 22.4 Å². The lowest BCUT2D eigenvalue weighted by molar-refractivity contribution is 0.122. The Morgan fingerprint density at radius 2 is 1.83 bits per heavy atom. The number of fused-ring (bicyclic) bond motifs is 1. The third kappa shape index (κ3) is 3.69. The maximum absolute atomic E-state index is 6.04. The zero-order valence-corrected chi connectivity index (χ0v) is 17.5. The van der Waals surface area contributed by atoms with E-state index in [4.69, 9.17) is 14.3 Å². The first kappa shape index (κ1) is 18.8. The Kier molecular flexibility index (Phi) is 5.21. The van der Waals surface area contributed by atoms with E-state index < -0.39 is 0 Å². The van der Waals surface area contributed by atoms with Crippen LogP contribution < -0.4 is 9.70 Å². The van der Waals surface area contributed by atoms with Gasteiger partial charge in [0.2, 0.25) is 4.80 Å². The van der Waals surface area contributed by atoms with Crippen molar-refractivity contribution in [1.29, 1.82) is 0 Å². The van der Waals surface area contributed by atoms with Gasteiger partial charge in [-0.3, -0.25) is 4.99 Å². The molecule has 6 nitrogen and oxygen atoms in total. The SMILES string of the molecule is CN=c1scc(-c2cc3ccccc3o2)n1N=Cc1ccc(N2CCOCC2)cc1. The highest BCUT2D eigenvalue weighted by Crippen LogP contribution is 2.28. The number of thiazole rings is 1. The Hall–Kier alpha value is -3.16. The fourth-order valence-corrected chi connectivity index (χ4v) is 4.34. The standard InChI is InChI=1S/C23H22N4O2S/c1-24-23-27(20(16-30-23)22-14-18-4-2-3-5-21(18)29-22)25-15-17-6-8-19(9-7-17)26-10-12-28-13-11-26/h2-9,14-16H,10-13H2,1H3. The highest BCUT2D eigenvalue weighted by atomic mass is 32.1. The summed E-state index contributed by atoms with van der Waals surface area (Å²) in [4.78, 5) is 7.52. The van der Waals surface area contributed by atoms with Crippen LogP contribution in [0.3, 0.4) is 0 Å². The van der Waals surface area contributed by atoms with Crippen LogP contribution in [0.15, 0.2) is 74.5 Å². The predicted molar refractivity (Wildman–Crippen MR) is 121 cm³/mol. The largest absolute Gasteiger partial charge is 0.454 e. The molecule has 0 bridgehead atoms. The molecule has 2 aromatic carbocycles. The summed E-state index contributed by atoms with van der Waals surface area (Å²) in [7, 11) is 1.78. The summed E-state index contributed by atoms with van der Waals surface area (Å²) in [5, 5.41) is 7.81. The van der Waals surface area contributed by atoms with Gasteiger partial charge in [-0.1, -0.05) is 30.3 Å². The minimum Gasteiger partial charge on any atom is -0.454 e. The minimum absolute atomic E-state index is 0.780. The number of anilines is 1. The molecule has 4 aromatic rings. The van der Waals surface area contributed by atoms with Crippen LogP contribution in [-0.2, 0) is 4.74 Å². The molecule has 152 valence electrons. The second-order valence-corrected chi connectivity index (χ2v) is 7.86. The van der Waals surface area contributed by atoms with Crippen molar-refractivity contribution in [2.75, 3.05) is 38.3 Å². The fraction of sp³-hybridized carbons (Fsp3) is 0.217. The van der Waals surface area contributed by atoms with Gasteiger partial charge in [0.25, 0.3) is 0 Å². The summed E-state index contributed by atoms with van der Waals surface area (Å²) in [6, 6.07) is 18.5. The van der Waals surface area contributed by atoms with Crippen molar-refractivity contribution in [3.63, 3.8) is 0 Å². The average molecular weight is 419 g/mol. The Morgan fingerprint density at radius 3 is 2.60 bits per heavy atom. The number of hydrogen-bond donors (Lipinski definition) is 0. The van der Waals surface area contributed by atoms with E-state index in [0.29, 0.717) is 0 Å². The topological polar surface area (TPSA) is 55.3 Å². The summed E-state index contributed by atoms with van der Waals surface area (Å²) in [5.74, 6) is 0.780. The van der Waals surface area contributed by atoms with Crippen LogP contribution in [-0.4, -0.2) is 44.2 Å². The molecule has 1 aliphatic heterocycles. The van der Waals surface area contributed by atoms with Crippen LogP contribution in [0.2, 0.25) is 0 Å². The molecule has 1 fully saturated rings. The van der Waals surface area contributed by atoms with E-state index in [2.05, 4.69) is 34.2 Å². The normalized spacial score (nSPS) is 15.5. The molecule has 0 aliphatic carbocycles. The monoisotopic (exact) mass is 418 g/mol. The predicted octanol–water partition coefficient (Wildman–Crippen LogP) is 4.21. The number of para-hydroxylation sites is 1. The van der Waals surface area contributed by atoms with Crippen molar-refractivity contribution >= 4 is 34.2 Å².